The number of aromatic hydroxyl groups is 1. The Kier molecular flexibility index (Phi) is 6.12. The number of nitro groups is 1. The highest BCUT2D eigenvalue weighted by molar-refractivity contribution is 5.84. The summed E-state index contributed by atoms with van der Waals surface area (Å²) in [7, 11) is 0. The first-order valence-electron chi connectivity index (χ1n) is 8.50. The van der Waals surface area contributed by atoms with Gasteiger partial charge in [-0.1, -0.05) is 30.3 Å². The van der Waals surface area contributed by atoms with E-state index in [2.05, 4.69) is 4.99 Å². The van der Waals surface area contributed by atoms with E-state index in [1.54, 1.807) is 0 Å². The van der Waals surface area contributed by atoms with Gasteiger partial charge in [-0.15, -0.1) is 0 Å². The lowest BCUT2D eigenvalue weighted by atomic mass is 10.1. The van der Waals surface area contributed by atoms with Crippen LogP contribution < -0.4 is 0 Å². The van der Waals surface area contributed by atoms with Gasteiger partial charge in [0.1, 0.15) is 11.9 Å². The predicted molar refractivity (Wildman–Crippen MR) is 97.7 cm³/mol. The fourth-order valence-corrected chi connectivity index (χ4v) is 2.75. The van der Waals surface area contributed by atoms with E-state index in [4.69, 9.17) is 9.47 Å². The third-order valence-electron chi connectivity index (χ3n) is 4.25. The van der Waals surface area contributed by atoms with Crippen LogP contribution in [0.25, 0.3) is 0 Å². The third kappa shape index (κ3) is 4.88. The van der Waals surface area contributed by atoms with E-state index in [0.29, 0.717) is 19.6 Å². The smallest absolute Gasteiger partial charge is 0.270 e. The molecule has 2 N–H and O–H groups in total. The molecule has 0 saturated carbocycles. The molecule has 1 aliphatic heterocycles. The summed E-state index contributed by atoms with van der Waals surface area (Å²) in [6.07, 6.45) is -0.00619. The lowest BCUT2D eigenvalue weighted by molar-refractivity contribution is -0.384. The maximum Gasteiger partial charge on any atom is 0.270 e. The SMILES string of the molecule is O=[N+]([O-])c1ccc(O)c(C=N[C@@H]2CCO[C@H](OCc3ccccc3)[C@@H]2O)c1. The van der Waals surface area contributed by atoms with Gasteiger partial charge in [-0.25, -0.2) is 0 Å². The minimum atomic E-state index is -0.987. The number of phenols is 1. The largest absolute Gasteiger partial charge is 0.507 e. The Morgan fingerprint density at radius 1 is 1.30 bits per heavy atom. The van der Waals surface area contributed by atoms with Crippen molar-refractivity contribution in [1.29, 1.82) is 0 Å². The van der Waals surface area contributed by atoms with Crippen LogP contribution in [0.2, 0.25) is 0 Å². The summed E-state index contributed by atoms with van der Waals surface area (Å²) in [6.45, 7) is 0.657. The fraction of sp³-hybridized carbons (Fsp3) is 0.316. The van der Waals surface area contributed by atoms with Crippen LogP contribution in [-0.4, -0.2) is 46.4 Å². The quantitative estimate of drug-likeness (QED) is 0.457. The maximum absolute atomic E-state index is 10.9. The standard InChI is InChI=1S/C19H20N2O6/c22-17-7-6-15(21(24)25)10-14(17)11-20-16-8-9-26-19(18(16)23)27-12-13-4-2-1-3-5-13/h1-7,10-11,16,18-19,22-23H,8-9,12H2/t16-,18-,19-/m1/s1. The molecule has 8 heteroatoms. The molecule has 8 nitrogen and oxygen atoms in total. The summed E-state index contributed by atoms with van der Waals surface area (Å²) in [5.74, 6) is -0.122. The average molecular weight is 372 g/mol. The van der Waals surface area contributed by atoms with Gasteiger partial charge in [0.15, 0.2) is 6.29 Å². The topological polar surface area (TPSA) is 114 Å². The molecule has 1 aliphatic rings. The molecule has 27 heavy (non-hydrogen) atoms. The van der Waals surface area contributed by atoms with Crippen molar-refractivity contribution in [3.63, 3.8) is 0 Å². The fourth-order valence-electron chi connectivity index (χ4n) is 2.75. The van der Waals surface area contributed by atoms with Gasteiger partial charge >= 0.3 is 0 Å². The molecule has 3 rings (SSSR count). The van der Waals surface area contributed by atoms with Gasteiger partial charge in [-0.2, -0.15) is 0 Å². The van der Waals surface area contributed by atoms with Crippen molar-refractivity contribution in [3.05, 3.63) is 69.8 Å². The predicted octanol–water partition coefficient (Wildman–Crippen LogP) is 2.41. The van der Waals surface area contributed by atoms with Crippen LogP contribution >= 0.6 is 0 Å². The minimum absolute atomic E-state index is 0.122. The van der Waals surface area contributed by atoms with Gasteiger partial charge in [-0.05, 0) is 18.1 Å². The summed E-state index contributed by atoms with van der Waals surface area (Å²) in [6, 6.07) is 12.7. The molecule has 0 aliphatic carbocycles. The Morgan fingerprint density at radius 3 is 2.81 bits per heavy atom. The Bertz CT molecular complexity index is 811. The number of hydrogen-bond acceptors (Lipinski definition) is 7. The van der Waals surface area contributed by atoms with E-state index < -0.39 is 23.4 Å². The van der Waals surface area contributed by atoms with Gasteiger partial charge < -0.3 is 19.7 Å². The zero-order valence-corrected chi connectivity index (χ0v) is 14.5. The molecule has 2 aromatic carbocycles. The van der Waals surface area contributed by atoms with Crippen LogP contribution in [0.1, 0.15) is 17.5 Å². The Balaban J connectivity index is 1.65. The molecule has 142 valence electrons. The lowest BCUT2D eigenvalue weighted by Gasteiger charge is -2.32. The second-order valence-corrected chi connectivity index (χ2v) is 6.16. The Hall–Kier alpha value is -2.81. The first-order valence-corrected chi connectivity index (χ1v) is 8.50. The number of rotatable bonds is 6. The molecule has 0 spiro atoms. The molecule has 2 aromatic rings. The number of aliphatic hydroxyl groups is 1. The minimum Gasteiger partial charge on any atom is -0.507 e. The summed E-state index contributed by atoms with van der Waals surface area (Å²) >= 11 is 0. The van der Waals surface area contributed by atoms with Crippen molar-refractivity contribution in [1.82, 2.24) is 0 Å². The highest BCUT2D eigenvalue weighted by Crippen LogP contribution is 2.23. The van der Waals surface area contributed by atoms with Gasteiger partial charge in [0.2, 0.25) is 0 Å². The highest BCUT2D eigenvalue weighted by atomic mass is 16.7. The molecular weight excluding hydrogens is 352 g/mol. The van der Waals surface area contributed by atoms with Crippen LogP contribution in [0.15, 0.2) is 53.5 Å². The van der Waals surface area contributed by atoms with Crippen molar-refractivity contribution in [3.8, 4) is 5.75 Å². The van der Waals surface area contributed by atoms with Crippen LogP contribution in [0.5, 0.6) is 5.75 Å². The summed E-state index contributed by atoms with van der Waals surface area (Å²) in [5, 5.41) is 31.2. The number of non-ortho nitro benzene ring substituents is 1. The number of benzene rings is 2. The maximum atomic E-state index is 10.9. The second-order valence-electron chi connectivity index (χ2n) is 6.16. The number of aliphatic hydroxyl groups excluding tert-OH is 1. The summed E-state index contributed by atoms with van der Waals surface area (Å²) < 4.78 is 11.1. The first kappa shape index (κ1) is 19.0. The average Bonchev–Trinajstić information content (AvgIpc) is 2.68. The van der Waals surface area contributed by atoms with Crippen molar-refractivity contribution < 1.29 is 24.6 Å². The first-order chi connectivity index (χ1) is 13.0. The molecule has 0 amide bonds. The number of aliphatic imine (C=N–C) groups is 1. The molecule has 1 fully saturated rings. The molecule has 3 atom stereocenters. The lowest BCUT2D eigenvalue weighted by Crippen LogP contribution is -2.45. The number of phenolic OH excluding ortho intramolecular Hbond substituents is 1. The molecule has 0 aromatic heterocycles. The number of nitrogens with zero attached hydrogens (tertiary/aromatic N) is 2. The van der Waals surface area contributed by atoms with E-state index in [-0.39, 0.29) is 17.0 Å². The van der Waals surface area contributed by atoms with Gasteiger partial charge in [0.25, 0.3) is 5.69 Å². The van der Waals surface area contributed by atoms with E-state index in [1.165, 1.54) is 24.4 Å². The molecule has 1 heterocycles. The zero-order valence-electron chi connectivity index (χ0n) is 14.5. The Morgan fingerprint density at radius 2 is 2.07 bits per heavy atom. The summed E-state index contributed by atoms with van der Waals surface area (Å²) in [4.78, 5) is 14.6. The molecule has 1 saturated heterocycles. The van der Waals surface area contributed by atoms with Crippen molar-refractivity contribution in [2.24, 2.45) is 4.99 Å². The van der Waals surface area contributed by atoms with Crippen LogP contribution in [0, 0.1) is 10.1 Å². The molecule has 0 unspecified atom stereocenters. The van der Waals surface area contributed by atoms with E-state index in [1.807, 2.05) is 30.3 Å². The highest BCUT2D eigenvalue weighted by Gasteiger charge is 2.33. The van der Waals surface area contributed by atoms with Crippen LogP contribution in [0.4, 0.5) is 5.69 Å². The van der Waals surface area contributed by atoms with Crippen molar-refractivity contribution >= 4 is 11.9 Å². The zero-order chi connectivity index (χ0) is 19.2. The van der Waals surface area contributed by atoms with Crippen LogP contribution in [-0.2, 0) is 16.1 Å². The Labute approximate surface area is 155 Å². The van der Waals surface area contributed by atoms with Gasteiger partial charge in [0.05, 0.1) is 24.2 Å². The summed E-state index contributed by atoms with van der Waals surface area (Å²) in [5.41, 5.74) is 1.02. The number of hydrogen-bond donors (Lipinski definition) is 2. The van der Waals surface area contributed by atoms with E-state index in [0.717, 1.165) is 5.56 Å². The van der Waals surface area contributed by atoms with Crippen molar-refractivity contribution in [2.45, 2.75) is 31.5 Å². The van der Waals surface area contributed by atoms with Crippen LogP contribution in [0.3, 0.4) is 0 Å². The van der Waals surface area contributed by atoms with Crippen molar-refractivity contribution in [2.75, 3.05) is 6.61 Å². The normalized spacial score (nSPS) is 22.8. The van der Waals surface area contributed by atoms with Gasteiger partial charge in [-0.3, -0.25) is 15.1 Å². The number of ether oxygens (including phenoxy) is 2. The third-order valence-corrected chi connectivity index (χ3v) is 4.25. The molecule has 0 bridgehead atoms. The molecule has 0 radical (unpaired) electrons. The second kappa shape index (κ2) is 8.72. The monoisotopic (exact) mass is 372 g/mol. The van der Waals surface area contributed by atoms with E-state index >= 15 is 0 Å². The van der Waals surface area contributed by atoms with E-state index in [9.17, 15) is 20.3 Å². The van der Waals surface area contributed by atoms with Gasteiger partial charge in [0, 0.05) is 23.9 Å². The molecular formula is C19H20N2O6. The number of nitro benzene ring substituents is 1.